The van der Waals surface area contributed by atoms with Crippen LogP contribution in [0.3, 0.4) is 0 Å². The van der Waals surface area contributed by atoms with E-state index in [2.05, 4.69) is 0 Å². The van der Waals surface area contributed by atoms with Crippen molar-refractivity contribution in [1.29, 1.82) is 5.41 Å². The molecule has 0 amide bonds. The van der Waals surface area contributed by atoms with Crippen molar-refractivity contribution in [1.82, 2.24) is 0 Å². The van der Waals surface area contributed by atoms with Crippen molar-refractivity contribution in [2.24, 2.45) is 0 Å². The average molecular weight is 292 g/mol. The van der Waals surface area contributed by atoms with Crippen LogP contribution in [0.25, 0.3) is 11.1 Å². The van der Waals surface area contributed by atoms with Crippen molar-refractivity contribution in [3.8, 4) is 16.9 Å². The molecule has 0 aliphatic rings. The molecule has 0 saturated heterocycles. The summed E-state index contributed by atoms with van der Waals surface area (Å²) in [6.07, 6.45) is 0.281. The van der Waals surface area contributed by atoms with Crippen molar-refractivity contribution in [3.63, 3.8) is 0 Å². The lowest BCUT2D eigenvalue weighted by Crippen LogP contribution is -2.02. The van der Waals surface area contributed by atoms with Crippen LogP contribution in [0, 0.1) is 11.2 Å². The van der Waals surface area contributed by atoms with Crippen molar-refractivity contribution in [2.75, 3.05) is 7.11 Å². The van der Waals surface area contributed by atoms with Crippen LogP contribution in [0.1, 0.15) is 12.5 Å². The molecular formula is C16H15ClFNO. The van der Waals surface area contributed by atoms with Crippen LogP contribution < -0.4 is 4.74 Å². The lowest BCUT2D eigenvalue weighted by molar-refractivity contribution is 0.413. The second kappa shape index (κ2) is 6.06. The topological polar surface area (TPSA) is 33.1 Å². The largest absolute Gasteiger partial charge is 0.496 e. The third kappa shape index (κ3) is 2.99. The fourth-order valence-corrected chi connectivity index (χ4v) is 2.30. The van der Waals surface area contributed by atoms with Crippen LogP contribution in [0.15, 0.2) is 36.4 Å². The minimum absolute atomic E-state index is 0.281. The average Bonchev–Trinajstić information content (AvgIpc) is 2.40. The fourth-order valence-electron chi connectivity index (χ4n) is 2.11. The summed E-state index contributed by atoms with van der Waals surface area (Å²) < 4.78 is 19.9. The van der Waals surface area contributed by atoms with Crippen LogP contribution in [0.5, 0.6) is 5.75 Å². The van der Waals surface area contributed by atoms with Crippen molar-refractivity contribution in [3.05, 3.63) is 52.8 Å². The Bertz CT molecular complexity index is 655. The van der Waals surface area contributed by atoms with Gasteiger partial charge in [-0.1, -0.05) is 29.8 Å². The Balaban J connectivity index is 2.62. The smallest absolute Gasteiger partial charge is 0.138 e. The first-order valence-electron chi connectivity index (χ1n) is 6.18. The molecule has 0 radical (unpaired) electrons. The Morgan fingerprint density at radius 3 is 2.65 bits per heavy atom. The van der Waals surface area contributed by atoms with Crippen LogP contribution >= 0.6 is 11.6 Å². The Morgan fingerprint density at radius 1 is 1.30 bits per heavy atom. The Morgan fingerprint density at radius 2 is 2.05 bits per heavy atom. The molecule has 0 unspecified atom stereocenters. The molecule has 20 heavy (non-hydrogen) atoms. The number of ether oxygens (including phenoxy) is 1. The molecule has 0 aliphatic heterocycles. The molecule has 2 aromatic rings. The summed E-state index contributed by atoms with van der Waals surface area (Å²) in [5, 5.41) is 8.06. The molecule has 104 valence electrons. The third-order valence-electron chi connectivity index (χ3n) is 2.97. The molecule has 0 spiro atoms. The zero-order valence-corrected chi connectivity index (χ0v) is 12.1. The summed E-state index contributed by atoms with van der Waals surface area (Å²) in [6.45, 7) is 1.66. The van der Waals surface area contributed by atoms with E-state index in [1.165, 1.54) is 7.11 Å². The van der Waals surface area contributed by atoms with E-state index in [4.69, 9.17) is 21.7 Å². The van der Waals surface area contributed by atoms with Crippen molar-refractivity contribution in [2.45, 2.75) is 13.3 Å². The predicted octanol–water partition coefficient (Wildman–Crippen LogP) is 4.74. The zero-order chi connectivity index (χ0) is 14.7. The highest BCUT2D eigenvalue weighted by Gasteiger charge is 2.16. The Hall–Kier alpha value is -1.87. The molecule has 2 nitrogen and oxygen atoms in total. The predicted molar refractivity (Wildman–Crippen MR) is 80.5 cm³/mol. The van der Waals surface area contributed by atoms with E-state index >= 15 is 0 Å². The van der Waals surface area contributed by atoms with Gasteiger partial charge in [-0.25, -0.2) is 4.39 Å². The summed E-state index contributed by atoms with van der Waals surface area (Å²) in [7, 11) is 1.50. The van der Waals surface area contributed by atoms with Gasteiger partial charge in [0.25, 0.3) is 0 Å². The quantitative estimate of drug-likeness (QED) is 0.811. The van der Waals surface area contributed by atoms with E-state index in [0.29, 0.717) is 33.2 Å². The normalized spacial score (nSPS) is 10.4. The Labute approximate surface area is 122 Å². The minimum Gasteiger partial charge on any atom is -0.496 e. The maximum atomic E-state index is 14.7. The van der Waals surface area contributed by atoms with E-state index < -0.39 is 0 Å². The first-order valence-corrected chi connectivity index (χ1v) is 6.56. The zero-order valence-electron chi connectivity index (χ0n) is 11.3. The van der Waals surface area contributed by atoms with Gasteiger partial charge in [-0.3, -0.25) is 0 Å². The van der Waals surface area contributed by atoms with Gasteiger partial charge < -0.3 is 10.1 Å². The maximum Gasteiger partial charge on any atom is 0.138 e. The molecule has 2 rings (SSSR count). The number of hydrogen-bond acceptors (Lipinski definition) is 2. The maximum absolute atomic E-state index is 14.7. The van der Waals surface area contributed by atoms with E-state index in [-0.39, 0.29) is 12.2 Å². The molecule has 0 aliphatic carbocycles. The first-order chi connectivity index (χ1) is 9.52. The van der Waals surface area contributed by atoms with Gasteiger partial charge in [0.2, 0.25) is 0 Å². The van der Waals surface area contributed by atoms with Gasteiger partial charge in [0.1, 0.15) is 11.6 Å². The Kier molecular flexibility index (Phi) is 4.40. The van der Waals surface area contributed by atoms with Crippen LogP contribution in [-0.4, -0.2) is 12.8 Å². The van der Waals surface area contributed by atoms with Gasteiger partial charge in [0.05, 0.1) is 12.7 Å². The highest BCUT2D eigenvalue weighted by molar-refractivity contribution is 6.30. The van der Waals surface area contributed by atoms with E-state index in [9.17, 15) is 4.39 Å². The number of rotatable bonds is 4. The van der Waals surface area contributed by atoms with Crippen molar-refractivity contribution < 1.29 is 9.13 Å². The van der Waals surface area contributed by atoms with E-state index in [0.717, 1.165) is 0 Å². The third-order valence-corrected chi connectivity index (χ3v) is 3.21. The second-order valence-electron chi connectivity index (χ2n) is 4.58. The lowest BCUT2D eigenvalue weighted by Gasteiger charge is -2.13. The van der Waals surface area contributed by atoms with Gasteiger partial charge >= 0.3 is 0 Å². The van der Waals surface area contributed by atoms with E-state index in [1.54, 1.807) is 43.3 Å². The standard InChI is InChI=1S/C16H15ClFNO/c1-10(19)8-12-6-7-14(20-2)15(16(12)18)11-4-3-5-13(17)9-11/h3-7,9,19H,8H2,1-2H3. The fraction of sp³-hybridized carbons (Fsp3) is 0.188. The number of benzene rings is 2. The minimum atomic E-state index is -0.363. The first kappa shape index (κ1) is 14.5. The summed E-state index contributed by atoms with van der Waals surface area (Å²) in [5.41, 5.74) is 1.93. The second-order valence-corrected chi connectivity index (χ2v) is 5.02. The van der Waals surface area contributed by atoms with Crippen LogP contribution in [-0.2, 0) is 6.42 Å². The van der Waals surface area contributed by atoms with E-state index in [1.807, 2.05) is 0 Å². The van der Waals surface area contributed by atoms with Gasteiger partial charge in [-0.05, 0) is 36.2 Å². The molecule has 0 fully saturated rings. The number of nitrogens with one attached hydrogen (secondary N) is 1. The van der Waals surface area contributed by atoms with Gasteiger partial charge in [-0.15, -0.1) is 0 Å². The van der Waals surface area contributed by atoms with Gasteiger partial charge in [0, 0.05) is 17.2 Å². The van der Waals surface area contributed by atoms with Crippen LogP contribution in [0.2, 0.25) is 5.02 Å². The number of methoxy groups -OCH3 is 1. The van der Waals surface area contributed by atoms with Crippen LogP contribution in [0.4, 0.5) is 4.39 Å². The molecule has 2 aromatic carbocycles. The highest BCUT2D eigenvalue weighted by atomic mass is 35.5. The van der Waals surface area contributed by atoms with Gasteiger partial charge in [0.15, 0.2) is 0 Å². The lowest BCUT2D eigenvalue weighted by atomic mass is 9.98. The molecule has 0 atom stereocenters. The van der Waals surface area contributed by atoms with Crippen molar-refractivity contribution >= 4 is 17.3 Å². The molecular weight excluding hydrogens is 277 g/mol. The summed E-state index contributed by atoms with van der Waals surface area (Å²) in [5.74, 6) is 0.0920. The SMILES string of the molecule is COc1ccc(CC(C)=N)c(F)c1-c1cccc(Cl)c1. The summed E-state index contributed by atoms with van der Waals surface area (Å²) in [6, 6.07) is 10.4. The summed E-state index contributed by atoms with van der Waals surface area (Å²) >= 11 is 5.97. The molecule has 1 N–H and O–H groups in total. The molecule has 4 heteroatoms. The number of hydrogen-bond donors (Lipinski definition) is 1. The molecule has 0 heterocycles. The highest BCUT2D eigenvalue weighted by Crippen LogP contribution is 2.35. The molecule has 0 bridgehead atoms. The molecule has 0 aromatic heterocycles. The number of halogens is 2. The molecule has 0 saturated carbocycles. The summed E-state index contributed by atoms with van der Waals surface area (Å²) in [4.78, 5) is 0. The van der Waals surface area contributed by atoms with Gasteiger partial charge in [-0.2, -0.15) is 0 Å². The monoisotopic (exact) mass is 291 g/mol.